The average molecular weight is 400 g/mol. The maximum Gasteiger partial charge on any atom is 0.412 e. The normalized spacial score (nSPS) is 21.5. The molecule has 1 aromatic heterocycles. The molecule has 0 spiro atoms. The number of rotatable bonds is 4. The van der Waals surface area contributed by atoms with Gasteiger partial charge in [0.15, 0.2) is 5.16 Å². The molecular weight excluding hydrogens is 374 g/mol. The summed E-state index contributed by atoms with van der Waals surface area (Å²) >= 11 is 4.30. The van der Waals surface area contributed by atoms with E-state index in [1.54, 1.807) is 0 Å². The number of nitriles is 1. The predicted molar refractivity (Wildman–Crippen MR) is 108 cm³/mol. The topological polar surface area (TPSA) is 92.8 Å². The second-order valence-electron chi connectivity index (χ2n) is 8.37. The highest BCUT2D eigenvalue weighted by molar-refractivity contribution is 7.80. The third-order valence-electron chi connectivity index (χ3n) is 5.02. The van der Waals surface area contributed by atoms with Crippen molar-refractivity contribution in [3.8, 4) is 6.07 Å². The predicted octanol–water partition coefficient (Wildman–Crippen LogP) is 3.86. The third-order valence-corrected chi connectivity index (χ3v) is 5.41. The molecule has 3 rings (SSSR count). The number of nitrogens with zero attached hydrogens (tertiary/aromatic N) is 4. The Morgan fingerprint density at radius 3 is 2.71 bits per heavy atom. The fourth-order valence-electron chi connectivity index (χ4n) is 3.61. The number of anilines is 1. The Labute approximate surface area is 170 Å². The zero-order chi connectivity index (χ0) is 20.5. The van der Waals surface area contributed by atoms with Crippen molar-refractivity contribution in [1.29, 1.82) is 5.26 Å². The number of aromatic nitrogens is 3. The molecule has 0 aliphatic heterocycles. The smallest absolute Gasteiger partial charge is 0.412 e. The van der Waals surface area contributed by atoms with Crippen molar-refractivity contribution in [3.05, 3.63) is 35.7 Å². The second kappa shape index (κ2) is 7.47. The standard InChI is InChI=1S/C20H25N5O2S/c1-19(2,3)27-18(26)22-15-7-5-6-14(8-15)20(9-13(10-20)12-21)11-16-23-24-17(28)25(16)4/h5-8,13H,9-11H2,1-4H3,(H,22,26)(H,24,28)/t13-,20-. The van der Waals surface area contributed by atoms with Crippen LogP contribution in [0.1, 0.15) is 45.0 Å². The van der Waals surface area contributed by atoms with Crippen LogP contribution in [0, 0.1) is 17.2 Å². The van der Waals surface area contributed by atoms with Gasteiger partial charge in [-0.15, -0.1) is 22.8 Å². The molecule has 7 nitrogen and oxygen atoms in total. The van der Waals surface area contributed by atoms with E-state index in [0.717, 1.165) is 24.2 Å². The van der Waals surface area contributed by atoms with E-state index in [1.165, 1.54) is 0 Å². The zero-order valence-corrected chi connectivity index (χ0v) is 17.5. The lowest BCUT2D eigenvalue weighted by atomic mass is 9.57. The molecule has 0 bridgehead atoms. The summed E-state index contributed by atoms with van der Waals surface area (Å²) in [5.74, 6) is 0.845. The number of nitrogens with one attached hydrogen (secondary N) is 1. The van der Waals surface area contributed by atoms with Gasteiger partial charge in [0.05, 0.1) is 6.07 Å². The Kier molecular flexibility index (Phi) is 5.39. The first-order valence-electron chi connectivity index (χ1n) is 9.19. The quantitative estimate of drug-likeness (QED) is 0.762. The second-order valence-corrected chi connectivity index (χ2v) is 8.77. The first-order valence-corrected chi connectivity index (χ1v) is 9.64. The molecule has 0 unspecified atom stereocenters. The molecule has 148 valence electrons. The van der Waals surface area contributed by atoms with E-state index in [2.05, 4.69) is 34.2 Å². The molecular formula is C20H25N5O2S. The highest BCUT2D eigenvalue weighted by Crippen LogP contribution is 2.50. The summed E-state index contributed by atoms with van der Waals surface area (Å²) < 4.78 is 7.19. The van der Waals surface area contributed by atoms with Gasteiger partial charge >= 0.3 is 6.09 Å². The van der Waals surface area contributed by atoms with Crippen LogP contribution in [-0.4, -0.2) is 26.5 Å². The minimum absolute atomic E-state index is 0.0196. The largest absolute Gasteiger partial charge is 0.444 e. The lowest BCUT2D eigenvalue weighted by molar-refractivity contribution is 0.0636. The lowest BCUT2D eigenvalue weighted by Crippen LogP contribution is -2.43. The molecule has 1 amide bonds. The highest BCUT2D eigenvalue weighted by atomic mass is 32.1. The Morgan fingerprint density at radius 1 is 1.43 bits per heavy atom. The number of ether oxygens (including phenoxy) is 1. The van der Waals surface area contributed by atoms with Crippen LogP contribution in [0.5, 0.6) is 0 Å². The fourth-order valence-corrected chi connectivity index (χ4v) is 3.77. The average Bonchev–Trinajstić information content (AvgIpc) is 2.88. The van der Waals surface area contributed by atoms with Gasteiger partial charge in [-0.2, -0.15) is 5.26 Å². The number of benzene rings is 1. The maximum atomic E-state index is 12.1. The van der Waals surface area contributed by atoms with Gasteiger partial charge in [-0.05, 0) is 51.3 Å². The van der Waals surface area contributed by atoms with Crippen LogP contribution in [0.15, 0.2) is 29.4 Å². The monoisotopic (exact) mass is 399 g/mol. The minimum atomic E-state index is -0.563. The summed E-state index contributed by atoms with van der Waals surface area (Å²) in [6.45, 7) is 5.47. The number of hydrogen-bond donors (Lipinski definition) is 2. The third kappa shape index (κ3) is 4.30. The molecule has 0 atom stereocenters. The molecule has 1 aliphatic rings. The summed E-state index contributed by atoms with van der Waals surface area (Å²) in [6.07, 6.45) is 1.66. The van der Waals surface area contributed by atoms with Crippen molar-refractivity contribution in [2.75, 3.05) is 5.32 Å². The van der Waals surface area contributed by atoms with Crippen LogP contribution >= 0.6 is 12.6 Å². The van der Waals surface area contributed by atoms with Crippen molar-refractivity contribution < 1.29 is 9.53 Å². The van der Waals surface area contributed by atoms with E-state index >= 15 is 0 Å². The molecule has 1 heterocycles. The van der Waals surface area contributed by atoms with E-state index in [4.69, 9.17) is 4.74 Å². The van der Waals surface area contributed by atoms with Crippen LogP contribution in [0.2, 0.25) is 0 Å². The van der Waals surface area contributed by atoms with Crippen LogP contribution in [-0.2, 0) is 23.6 Å². The van der Waals surface area contributed by atoms with Crippen LogP contribution in [0.3, 0.4) is 0 Å². The van der Waals surface area contributed by atoms with Gasteiger partial charge in [0.25, 0.3) is 0 Å². The molecule has 1 N–H and O–H groups in total. The first-order chi connectivity index (χ1) is 13.1. The van der Waals surface area contributed by atoms with Crippen molar-refractivity contribution >= 4 is 24.4 Å². The maximum absolute atomic E-state index is 12.1. The van der Waals surface area contributed by atoms with Crippen molar-refractivity contribution in [2.45, 2.75) is 56.2 Å². The van der Waals surface area contributed by atoms with Gasteiger partial charge in [-0.25, -0.2) is 4.79 Å². The van der Waals surface area contributed by atoms with E-state index in [1.807, 2.05) is 56.7 Å². The Bertz CT molecular complexity index is 919. The summed E-state index contributed by atoms with van der Waals surface area (Å²) in [5, 5.41) is 20.9. The van der Waals surface area contributed by atoms with Gasteiger partial charge < -0.3 is 9.30 Å². The minimum Gasteiger partial charge on any atom is -0.444 e. The number of amides is 1. The summed E-state index contributed by atoms with van der Waals surface area (Å²) in [7, 11) is 1.88. The molecule has 0 radical (unpaired) electrons. The Hall–Kier alpha value is -2.53. The first kappa shape index (κ1) is 20.2. The molecule has 1 aliphatic carbocycles. The summed E-state index contributed by atoms with van der Waals surface area (Å²) in [5.41, 5.74) is 0.954. The molecule has 1 saturated carbocycles. The van der Waals surface area contributed by atoms with E-state index in [-0.39, 0.29) is 11.3 Å². The highest BCUT2D eigenvalue weighted by Gasteiger charge is 2.46. The summed E-state index contributed by atoms with van der Waals surface area (Å²) in [4.78, 5) is 12.1. The van der Waals surface area contributed by atoms with E-state index in [9.17, 15) is 10.1 Å². The molecule has 28 heavy (non-hydrogen) atoms. The van der Waals surface area contributed by atoms with E-state index < -0.39 is 11.7 Å². The van der Waals surface area contributed by atoms with Crippen molar-refractivity contribution in [3.63, 3.8) is 0 Å². The van der Waals surface area contributed by atoms with Crippen LogP contribution in [0.25, 0.3) is 0 Å². The molecule has 1 aromatic carbocycles. The summed E-state index contributed by atoms with van der Waals surface area (Å²) in [6, 6.07) is 10.1. The van der Waals surface area contributed by atoms with E-state index in [0.29, 0.717) is 17.3 Å². The van der Waals surface area contributed by atoms with Crippen molar-refractivity contribution in [1.82, 2.24) is 14.8 Å². The number of hydrogen-bond acceptors (Lipinski definition) is 6. The number of thiol groups is 1. The molecule has 1 fully saturated rings. The van der Waals surface area contributed by atoms with Gasteiger partial charge in [0.1, 0.15) is 11.4 Å². The van der Waals surface area contributed by atoms with Crippen LogP contribution < -0.4 is 5.32 Å². The van der Waals surface area contributed by atoms with Gasteiger partial charge in [0.2, 0.25) is 0 Å². The molecule has 0 saturated heterocycles. The van der Waals surface area contributed by atoms with Crippen LogP contribution in [0.4, 0.5) is 10.5 Å². The fraction of sp³-hybridized carbons (Fsp3) is 0.500. The van der Waals surface area contributed by atoms with Crippen molar-refractivity contribution in [2.24, 2.45) is 13.0 Å². The molecule has 2 aromatic rings. The Balaban J connectivity index is 1.84. The zero-order valence-electron chi connectivity index (χ0n) is 16.6. The number of carbonyl (C=O) groups is 1. The lowest BCUT2D eigenvalue weighted by Gasteiger charge is -2.45. The van der Waals surface area contributed by atoms with Gasteiger partial charge in [0, 0.05) is 30.5 Å². The molecule has 8 heteroatoms. The Morgan fingerprint density at radius 2 is 2.14 bits per heavy atom. The SMILES string of the molecule is Cn1c(S)nnc1C[C@]1(c2cccc(NC(=O)OC(C)(C)C)c2)C[C@H](C#N)C1. The van der Waals surface area contributed by atoms with Gasteiger partial charge in [-0.3, -0.25) is 5.32 Å². The van der Waals surface area contributed by atoms with Gasteiger partial charge in [-0.1, -0.05) is 12.1 Å². The number of carbonyl (C=O) groups excluding carboxylic acids is 1.